The SMILES string of the molecule is Cc1ccncc1Oc1cccc(F)c1CN1C[C@@H](C)N(C(=O)C(C)C)[C@@H](C(=O)NCc2ccc(-c3ncccn3)cc2)C1. The smallest absolute Gasteiger partial charge is 0.244 e. The van der Waals surface area contributed by atoms with Crippen LogP contribution in [0.15, 0.2) is 79.4 Å². The molecule has 0 bridgehead atoms. The number of nitrogens with one attached hydrogen (secondary N) is 1. The number of amides is 2. The van der Waals surface area contributed by atoms with Gasteiger partial charge in [0, 0.05) is 67.9 Å². The molecule has 3 heterocycles. The lowest BCUT2D eigenvalue weighted by atomic mass is 10.0. The molecule has 1 saturated heterocycles. The lowest BCUT2D eigenvalue weighted by Gasteiger charge is -2.45. The van der Waals surface area contributed by atoms with Crippen LogP contribution in [0.5, 0.6) is 11.5 Å². The van der Waals surface area contributed by atoms with E-state index in [2.05, 4.69) is 20.3 Å². The third kappa shape index (κ3) is 7.08. The zero-order valence-electron chi connectivity index (χ0n) is 25.4. The maximum atomic E-state index is 15.2. The van der Waals surface area contributed by atoms with Crippen LogP contribution in [0.4, 0.5) is 4.39 Å². The molecule has 2 amide bonds. The molecule has 228 valence electrons. The predicted molar refractivity (Wildman–Crippen MR) is 165 cm³/mol. The van der Waals surface area contributed by atoms with Crippen molar-refractivity contribution in [3.63, 3.8) is 0 Å². The largest absolute Gasteiger partial charge is 0.455 e. The van der Waals surface area contributed by atoms with E-state index < -0.39 is 11.9 Å². The molecule has 0 radical (unpaired) electrons. The fourth-order valence-electron chi connectivity index (χ4n) is 5.40. The van der Waals surface area contributed by atoms with Crippen molar-refractivity contribution in [1.82, 2.24) is 30.1 Å². The van der Waals surface area contributed by atoms with Gasteiger partial charge >= 0.3 is 0 Å². The van der Waals surface area contributed by atoms with E-state index in [4.69, 9.17) is 4.74 Å². The molecule has 44 heavy (non-hydrogen) atoms. The van der Waals surface area contributed by atoms with Gasteiger partial charge in [0.2, 0.25) is 11.8 Å². The van der Waals surface area contributed by atoms with E-state index in [1.807, 2.05) is 62.9 Å². The minimum absolute atomic E-state index is 0.0912. The van der Waals surface area contributed by atoms with Crippen LogP contribution < -0.4 is 10.1 Å². The Labute approximate surface area is 257 Å². The second-order valence-electron chi connectivity index (χ2n) is 11.4. The van der Waals surface area contributed by atoms with Crippen LogP contribution in [0.2, 0.25) is 0 Å². The van der Waals surface area contributed by atoms with Gasteiger partial charge in [-0.05, 0) is 49.2 Å². The van der Waals surface area contributed by atoms with Crippen molar-refractivity contribution < 1.29 is 18.7 Å². The number of aryl methyl sites for hydroxylation is 1. The molecule has 5 rings (SSSR count). The molecule has 0 unspecified atom stereocenters. The highest BCUT2D eigenvalue weighted by Gasteiger charge is 2.40. The summed E-state index contributed by atoms with van der Waals surface area (Å²) in [7, 11) is 0. The molecule has 2 aromatic heterocycles. The second-order valence-corrected chi connectivity index (χ2v) is 11.4. The standard InChI is InChI=1S/C34H37FN6O3/c1-22(2)34(43)41-24(4)19-40(20-27-28(35)7-5-8-30(27)44-31-18-36-16-13-23(31)3)21-29(41)33(42)39-17-25-9-11-26(12-10-25)32-37-14-6-15-38-32/h5-16,18,22,24,29H,17,19-21H2,1-4H3,(H,39,42)/t24-,29-/m1/s1. The summed E-state index contributed by atoms with van der Waals surface area (Å²) in [6, 6.07) is 15.0. The van der Waals surface area contributed by atoms with Crippen LogP contribution in [0, 0.1) is 18.7 Å². The molecule has 4 aromatic rings. The van der Waals surface area contributed by atoms with Gasteiger partial charge in [-0.25, -0.2) is 14.4 Å². The maximum absolute atomic E-state index is 15.2. The predicted octanol–water partition coefficient (Wildman–Crippen LogP) is 5.15. The van der Waals surface area contributed by atoms with Gasteiger partial charge in [-0.3, -0.25) is 19.5 Å². The Hall–Kier alpha value is -4.70. The maximum Gasteiger partial charge on any atom is 0.244 e. The Balaban J connectivity index is 1.33. The van der Waals surface area contributed by atoms with E-state index in [0.29, 0.717) is 36.0 Å². The van der Waals surface area contributed by atoms with Crippen LogP contribution in [0.25, 0.3) is 11.4 Å². The number of carbonyl (C=O) groups excluding carboxylic acids is 2. The van der Waals surface area contributed by atoms with Gasteiger partial charge in [0.25, 0.3) is 0 Å². The lowest BCUT2D eigenvalue weighted by molar-refractivity contribution is -0.150. The minimum atomic E-state index is -0.748. The number of pyridine rings is 1. The van der Waals surface area contributed by atoms with Gasteiger partial charge in [0.15, 0.2) is 5.82 Å². The molecule has 0 spiro atoms. The van der Waals surface area contributed by atoms with Crippen LogP contribution in [0.3, 0.4) is 0 Å². The number of nitrogens with zero attached hydrogens (tertiary/aromatic N) is 5. The van der Waals surface area contributed by atoms with Crippen molar-refractivity contribution in [1.29, 1.82) is 0 Å². The number of aromatic nitrogens is 3. The second kappa shape index (κ2) is 13.7. The average molecular weight is 597 g/mol. The third-order valence-electron chi connectivity index (χ3n) is 7.73. The van der Waals surface area contributed by atoms with Gasteiger partial charge in [0.1, 0.15) is 23.4 Å². The normalized spacial score (nSPS) is 17.0. The molecule has 2 aromatic carbocycles. The minimum Gasteiger partial charge on any atom is -0.455 e. The number of halogens is 1. The number of ether oxygens (including phenoxy) is 1. The highest BCUT2D eigenvalue weighted by atomic mass is 19.1. The van der Waals surface area contributed by atoms with Crippen molar-refractivity contribution in [3.8, 4) is 22.9 Å². The molecule has 1 N–H and O–H groups in total. The molecular formula is C34H37FN6O3. The Morgan fingerprint density at radius 2 is 1.75 bits per heavy atom. The lowest BCUT2D eigenvalue weighted by Crippen LogP contribution is -2.64. The molecule has 1 aliphatic heterocycles. The monoisotopic (exact) mass is 596 g/mol. The Kier molecular flexibility index (Phi) is 9.59. The summed E-state index contributed by atoms with van der Waals surface area (Å²) < 4.78 is 21.3. The first kappa shape index (κ1) is 30.7. The topological polar surface area (TPSA) is 101 Å². The van der Waals surface area contributed by atoms with Crippen LogP contribution >= 0.6 is 0 Å². The van der Waals surface area contributed by atoms with Gasteiger partial charge in [-0.15, -0.1) is 0 Å². The Morgan fingerprint density at radius 1 is 1.00 bits per heavy atom. The third-order valence-corrected chi connectivity index (χ3v) is 7.73. The number of carbonyl (C=O) groups is 2. The first-order chi connectivity index (χ1) is 21.2. The summed E-state index contributed by atoms with van der Waals surface area (Å²) in [6.07, 6.45) is 6.66. The number of hydrogen-bond acceptors (Lipinski definition) is 7. The molecule has 10 heteroatoms. The molecule has 1 aliphatic rings. The van der Waals surface area contributed by atoms with Crippen LogP contribution in [-0.4, -0.2) is 61.7 Å². The average Bonchev–Trinajstić information content (AvgIpc) is 3.02. The number of hydrogen-bond donors (Lipinski definition) is 1. The highest BCUT2D eigenvalue weighted by molar-refractivity contribution is 5.89. The molecule has 0 saturated carbocycles. The zero-order chi connectivity index (χ0) is 31.2. The number of rotatable bonds is 9. The van der Waals surface area contributed by atoms with Crippen molar-refractivity contribution in [3.05, 3.63) is 102 Å². The molecule has 0 aliphatic carbocycles. The first-order valence-corrected chi connectivity index (χ1v) is 14.8. The quantitative estimate of drug-likeness (QED) is 0.285. The van der Waals surface area contributed by atoms with Crippen molar-refractivity contribution in [2.75, 3.05) is 13.1 Å². The van der Waals surface area contributed by atoms with E-state index in [9.17, 15) is 9.59 Å². The molecular weight excluding hydrogens is 559 g/mol. The molecule has 2 atom stereocenters. The fraction of sp³-hybridized carbons (Fsp3) is 0.324. The summed E-state index contributed by atoms with van der Waals surface area (Å²) in [4.78, 5) is 43.4. The van der Waals surface area contributed by atoms with Crippen LogP contribution in [-0.2, 0) is 22.7 Å². The zero-order valence-corrected chi connectivity index (χ0v) is 25.4. The van der Waals surface area contributed by atoms with Crippen molar-refractivity contribution in [2.24, 2.45) is 5.92 Å². The summed E-state index contributed by atoms with van der Waals surface area (Å²) in [5, 5.41) is 3.02. The fourth-order valence-corrected chi connectivity index (χ4v) is 5.40. The van der Waals surface area contributed by atoms with Gasteiger partial charge in [-0.2, -0.15) is 0 Å². The summed E-state index contributed by atoms with van der Waals surface area (Å²) in [6.45, 7) is 8.72. The van der Waals surface area contributed by atoms with Gasteiger partial charge in [-0.1, -0.05) is 44.2 Å². The molecule has 1 fully saturated rings. The van der Waals surface area contributed by atoms with E-state index in [-0.39, 0.29) is 36.9 Å². The van der Waals surface area contributed by atoms with E-state index in [1.165, 1.54) is 6.07 Å². The Bertz CT molecular complexity index is 1600. The summed E-state index contributed by atoms with van der Waals surface area (Å²) in [5.74, 6) is 0.528. The van der Waals surface area contributed by atoms with Gasteiger partial charge < -0.3 is 15.0 Å². The van der Waals surface area contributed by atoms with E-state index in [0.717, 1.165) is 16.7 Å². The van der Waals surface area contributed by atoms with Gasteiger partial charge in [0.05, 0.1) is 6.20 Å². The van der Waals surface area contributed by atoms with E-state index >= 15 is 4.39 Å². The Morgan fingerprint density at radius 3 is 2.45 bits per heavy atom. The molecule has 9 nitrogen and oxygen atoms in total. The number of piperazine rings is 1. The van der Waals surface area contributed by atoms with E-state index in [1.54, 1.807) is 47.9 Å². The van der Waals surface area contributed by atoms with Crippen molar-refractivity contribution >= 4 is 11.8 Å². The summed E-state index contributed by atoms with van der Waals surface area (Å²) >= 11 is 0. The first-order valence-electron chi connectivity index (χ1n) is 14.8. The highest BCUT2D eigenvalue weighted by Crippen LogP contribution is 2.31. The summed E-state index contributed by atoms with van der Waals surface area (Å²) in [5.41, 5.74) is 3.04. The number of benzene rings is 2. The van der Waals surface area contributed by atoms with Crippen LogP contribution in [0.1, 0.15) is 37.5 Å². The van der Waals surface area contributed by atoms with Crippen molar-refractivity contribution in [2.45, 2.75) is 52.9 Å².